The second kappa shape index (κ2) is 8.15. The molecule has 1 aromatic carbocycles. The lowest BCUT2D eigenvalue weighted by Crippen LogP contribution is -2.40. The molecule has 0 radical (unpaired) electrons. The van der Waals surface area contributed by atoms with Crippen molar-refractivity contribution in [1.82, 2.24) is 4.90 Å². The predicted molar refractivity (Wildman–Crippen MR) is 97.5 cm³/mol. The minimum absolute atomic E-state index is 0.213. The van der Waals surface area contributed by atoms with Crippen molar-refractivity contribution in [2.75, 3.05) is 13.1 Å². The van der Waals surface area contributed by atoms with Crippen molar-refractivity contribution >= 4 is 22.0 Å². The Kier molecular flexibility index (Phi) is 6.44. The van der Waals surface area contributed by atoms with Gasteiger partial charge in [-0.15, -0.1) is 0 Å². The van der Waals surface area contributed by atoms with E-state index in [9.17, 15) is 9.18 Å². The summed E-state index contributed by atoms with van der Waals surface area (Å²) in [6.45, 7) is 6.99. The number of benzene rings is 1. The Morgan fingerprint density at radius 2 is 2.17 bits per heavy atom. The predicted octanol–water partition coefficient (Wildman–Crippen LogP) is 5.48. The molecular weight excluding hydrogens is 373 g/mol. The van der Waals surface area contributed by atoms with E-state index in [1.165, 1.54) is 11.6 Å². The van der Waals surface area contributed by atoms with E-state index in [-0.39, 0.29) is 11.9 Å². The summed E-state index contributed by atoms with van der Waals surface area (Å²) in [5, 5.41) is 0. The van der Waals surface area contributed by atoms with Crippen LogP contribution in [0.15, 0.2) is 34.3 Å². The van der Waals surface area contributed by atoms with Gasteiger partial charge in [0.2, 0.25) is 0 Å². The van der Waals surface area contributed by atoms with Gasteiger partial charge in [-0.05, 0) is 70.2 Å². The molecule has 0 aromatic heterocycles. The number of hydrogen-bond acceptors (Lipinski definition) is 2. The van der Waals surface area contributed by atoms with Crippen LogP contribution in [-0.2, 0) is 11.2 Å². The summed E-state index contributed by atoms with van der Waals surface area (Å²) in [5.41, 5.74) is 1.74. The highest BCUT2D eigenvalue weighted by molar-refractivity contribution is 9.10. The molecule has 0 aliphatic carbocycles. The number of carbonyl (C=O) groups excluding carboxylic acids is 1. The fourth-order valence-electron chi connectivity index (χ4n) is 2.72. The Morgan fingerprint density at radius 3 is 2.88 bits per heavy atom. The summed E-state index contributed by atoms with van der Waals surface area (Å²) < 4.78 is 19.7. The lowest BCUT2D eigenvalue weighted by Gasteiger charge is -2.31. The molecular formula is C19H25BrFNO2. The Bertz CT molecular complexity index is 622. The van der Waals surface area contributed by atoms with Crippen LogP contribution in [0.1, 0.15) is 45.6 Å². The Morgan fingerprint density at radius 1 is 1.42 bits per heavy atom. The second-order valence-corrected chi connectivity index (χ2v) is 8.00. The van der Waals surface area contributed by atoms with Crippen molar-refractivity contribution in [3.05, 3.63) is 45.7 Å². The van der Waals surface area contributed by atoms with Crippen LogP contribution >= 0.6 is 15.9 Å². The van der Waals surface area contributed by atoms with Crippen LogP contribution in [0, 0.1) is 5.82 Å². The van der Waals surface area contributed by atoms with Gasteiger partial charge in [-0.2, -0.15) is 0 Å². The Balaban J connectivity index is 1.91. The van der Waals surface area contributed by atoms with E-state index in [2.05, 4.69) is 22.0 Å². The highest BCUT2D eigenvalue weighted by Crippen LogP contribution is 2.22. The number of ether oxygens (including phenoxy) is 1. The summed E-state index contributed by atoms with van der Waals surface area (Å²) in [7, 11) is 0. The SMILES string of the molecule is CC(C)(C)OC(=O)N1CCC/C(=C\CCc2cc(F)ccc2Br)C1. The monoisotopic (exact) mass is 397 g/mol. The van der Waals surface area contributed by atoms with Gasteiger partial charge in [-0.1, -0.05) is 27.6 Å². The zero-order valence-corrected chi connectivity index (χ0v) is 16.2. The molecule has 0 bridgehead atoms. The molecule has 3 nitrogen and oxygen atoms in total. The summed E-state index contributed by atoms with van der Waals surface area (Å²) in [4.78, 5) is 13.9. The Hall–Kier alpha value is -1.36. The van der Waals surface area contributed by atoms with Crippen LogP contribution < -0.4 is 0 Å². The van der Waals surface area contributed by atoms with Crippen LogP contribution in [0.5, 0.6) is 0 Å². The number of piperidine rings is 1. The third-order valence-corrected chi connectivity index (χ3v) is 4.60. The average Bonchev–Trinajstić information content (AvgIpc) is 2.49. The Labute approximate surface area is 152 Å². The molecule has 0 N–H and O–H groups in total. The smallest absolute Gasteiger partial charge is 0.410 e. The number of hydrogen-bond donors (Lipinski definition) is 0. The van der Waals surface area contributed by atoms with Crippen molar-refractivity contribution in [3.63, 3.8) is 0 Å². The fourth-order valence-corrected chi connectivity index (χ4v) is 3.16. The number of likely N-dealkylation sites (tertiary alicyclic amines) is 1. The van der Waals surface area contributed by atoms with Crippen LogP contribution in [0.4, 0.5) is 9.18 Å². The van der Waals surface area contributed by atoms with Gasteiger partial charge < -0.3 is 9.64 Å². The lowest BCUT2D eigenvalue weighted by molar-refractivity contribution is 0.0246. The van der Waals surface area contributed by atoms with Gasteiger partial charge >= 0.3 is 6.09 Å². The number of aryl methyl sites for hydroxylation is 1. The summed E-state index contributed by atoms with van der Waals surface area (Å²) >= 11 is 3.46. The molecule has 1 aliphatic heterocycles. The van der Waals surface area contributed by atoms with Gasteiger partial charge in [-0.3, -0.25) is 0 Å². The minimum Gasteiger partial charge on any atom is -0.444 e. The van der Waals surface area contributed by atoms with Crippen molar-refractivity contribution in [1.29, 1.82) is 0 Å². The topological polar surface area (TPSA) is 29.5 Å². The zero-order chi connectivity index (χ0) is 17.7. The molecule has 24 heavy (non-hydrogen) atoms. The van der Waals surface area contributed by atoms with Crippen molar-refractivity contribution in [2.24, 2.45) is 0 Å². The van der Waals surface area contributed by atoms with Crippen LogP contribution in [0.25, 0.3) is 0 Å². The lowest BCUT2D eigenvalue weighted by atomic mass is 10.0. The highest BCUT2D eigenvalue weighted by Gasteiger charge is 2.24. The fraction of sp³-hybridized carbons (Fsp3) is 0.526. The first-order valence-corrected chi connectivity index (χ1v) is 9.14. The van der Waals surface area contributed by atoms with E-state index in [4.69, 9.17) is 4.74 Å². The molecule has 1 saturated heterocycles. The highest BCUT2D eigenvalue weighted by atomic mass is 79.9. The first-order chi connectivity index (χ1) is 11.2. The summed E-state index contributed by atoms with van der Waals surface area (Å²) in [6, 6.07) is 4.75. The average molecular weight is 398 g/mol. The number of rotatable bonds is 3. The molecule has 1 aliphatic rings. The van der Waals surface area contributed by atoms with Gasteiger partial charge in [0.25, 0.3) is 0 Å². The summed E-state index contributed by atoms with van der Waals surface area (Å²) in [6.07, 6.45) is 5.49. The normalized spacial score (nSPS) is 17.2. The van der Waals surface area contributed by atoms with Crippen molar-refractivity contribution < 1.29 is 13.9 Å². The second-order valence-electron chi connectivity index (χ2n) is 7.14. The minimum atomic E-state index is -0.470. The maximum Gasteiger partial charge on any atom is 0.410 e. The molecule has 1 fully saturated rings. The van der Waals surface area contributed by atoms with Crippen molar-refractivity contribution in [3.8, 4) is 0 Å². The van der Waals surface area contributed by atoms with E-state index in [0.29, 0.717) is 6.54 Å². The summed E-state index contributed by atoms with van der Waals surface area (Å²) in [5.74, 6) is -0.213. The largest absolute Gasteiger partial charge is 0.444 e. The zero-order valence-electron chi connectivity index (χ0n) is 14.6. The van der Waals surface area contributed by atoms with Gasteiger partial charge in [0.1, 0.15) is 11.4 Å². The van der Waals surface area contributed by atoms with E-state index in [1.54, 1.807) is 17.0 Å². The molecule has 0 saturated carbocycles. The van der Waals surface area contributed by atoms with Crippen LogP contribution in [-0.4, -0.2) is 29.7 Å². The van der Waals surface area contributed by atoms with E-state index >= 15 is 0 Å². The van der Waals surface area contributed by atoms with Gasteiger partial charge in [0.15, 0.2) is 0 Å². The molecule has 132 valence electrons. The standard InChI is InChI=1S/C19H25BrFNO2/c1-19(2,3)24-18(23)22-11-5-7-14(13-22)6-4-8-15-12-16(21)9-10-17(15)20/h6,9-10,12H,4-5,7-8,11,13H2,1-3H3/b14-6+. The molecule has 1 aromatic rings. The maximum absolute atomic E-state index is 13.3. The van der Waals surface area contributed by atoms with Crippen LogP contribution in [0.3, 0.4) is 0 Å². The van der Waals surface area contributed by atoms with Gasteiger partial charge in [-0.25, -0.2) is 9.18 Å². The van der Waals surface area contributed by atoms with E-state index < -0.39 is 5.60 Å². The molecule has 0 unspecified atom stereocenters. The van der Waals surface area contributed by atoms with E-state index in [0.717, 1.165) is 42.3 Å². The molecule has 1 heterocycles. The van der Waals surface area contributed by atoms with E-state index in [1.807, 2.05) is 20.8 Å². The van der Waals surface area contributed by atoms with Crippen molar-refractivity contribution in [2.45, 2.75) is 52.1 Å². The number of halogens is 2. The third-order valence-electron chi connectivity index (χ3n) is 3.83. The van der Waals surface area contributed by atoms with Crippen LogP contribution in [0.2, 0.25) is 0 Å². The quantitative estimate of drug-likeness (QED) is 0.632. The molecule has 0 atom stereocenters. The number of amides is 1. The van der Waals surface area contributed by atoms with Gasteiger partial charge in [0, 0.05) is 17.6 Å². The molecule has 0 spiro atoms. The molecule has 2 rings (SSSR count). The first kappa shape index (κ1) is 19.0. The maximum atomic E-state index is 13.3. The third kappa shape index (κ3) is 5.93. The number of allylic oxidation sites excluding steroid dienone is 1. The van der Waals surface area contributed by atoms with Gasteiger partial charge in [0.05, 0.1) is 0 Å². The number of nitrogens with zero attached hydrogens (tertiary/aromatic N) is 1. The molecule has 5 heteroatoms. The molecule has 1 amide bonds. The number of carbonyl (C=O) groups is 1. The first-order valence-electron chi connectivity index (χ1n) is 8.34.